The van der Waals surface area contributed by atoms with Gasteiger partial charge in [0.05, 0.1) is 12.2 Å². The Morgan fingerprint density at radius 1 is 0.833 bits per heavy atom. The Morgan fingerprint density at radius 3 is 1.17 bits per heavy atom. The zero-order valence-electron chi connectivity index (χ0n) is 8.02. The van der Waals surface area contributed by atoms with Crippen molar-refractivity contribution in [3.05, 3.63) is 0 Å². The first kappa shape index (κ1) is 11.8. The fourth-order valence-corrected chi connectivity index (χ4v) is 1.21. The lowest BCUT2D eigenvalue weighted by atomic mass is 10.0. The average Bonchev–Trinajstić information content (AvgIpc) is 1.98. The highest BCUT2D eigenvalue weighted by atomic mass is 16.5. The van der Waals surface area contributed by atoms with Crippen molar-refractivity contribution < 1.29 is 19.7 Å². The van der Waals surface area contributed by atoms with Gasteiger partial charge in [-0.15, -0.1) is 0 Å². The normalized spacial score (nSPS) is 21.5. The maximum atomic E-state index is 9.25. The number of aliphatic hydroxyl groups is 2. The standard InChI is InChI=1S/C8H18O4/c1-5(9)7(11-3)8(12-4)6(2)10/h5-10H,1-4H3. The van der Waals surface area contributed by atoms with Crippen molar-refractivity contribution in [2.45, 2.75) is 38.3 Å². The van der Waals surface area contributed by atoms with Gasteiger partial charge in [-0.2, -0.15) is 0 Å². The molecule has 0 radical (unpaired) electrons. The molecule has 0 rings (SSSR count). The number of rotatable bonds is 5. The minimum Gasteiger partial charge on any atom is -0.391 e. The van der Waals surface area contributed by atoms with E-state index in [1.54, 1.807) is 13.8 Å². The largest absolute Gasteiger partial charge is 0.391 e. The van der Waals surface area contributed by atoms with E-state index in [2.05, 4.69) is 0 Å². The van der Waals surface area contributed by atoms with Gasteiger partial charge in [-0.05, 0) is 13.8 Å². The van der Waals surface area contributed by atoms with Crippen LogP contribution in [0.5, 0.6) is 0 Å². The molecule has 0 fully saturated rings. The van der Waals surface area contributed by atoms with Gasteiger partial charge in [-0.1, -0.05) is 0 Å². The van der Waals surface area contributed by atoms with Gasteiger partial charge >= 0.3 is 0 Å². The van der Waals surface area contributed by atoms with Crippen LogP contribution in [0.25, 0.3) is 0 Å². The first-order valence-electron chi connectivity index (χ1n) is 3.96. The van der Waals surface area contributed by atoms with E-state index in [9.17, 15) is 10.2 Å². The van der Waals surface area contributed by atoms with Crippen LogP contribution in [0.2, 0.25) is 0 Å². The summed E-state index contributed by atoms with van der Waals surface area (Å²) in [5.74, 6) is 0. The van der Waals surface area contributed by atoms with Crippen molar-refractivity contribution in [1.29, 1.82) is 0 Å². The Kier molecular flexibility index (Phi) is 5.41. The predicted molar refractivity (Wildman–Crippen MR) is 45.0 cm³/mol. The molecule has 4 nitrogen and oxygen atoms in total. The van der Waals surface area contributed by atoms with Crippen molar-refractivity contribution in [3.63, 3.8) is 0 Å². The smallest absolute Gasteiger partial charge is 0.111 e. The van der Waals surface area contributed by atoms with E-state index >= 15 is 0 Å². The lowest BCUT2D eigenvalue weighted by molar-refractivity contribution is -0.126. The first-order valence-corrected chi connectivity index (χ1v) is 3.96. The van der Waals surface area contributed by atoms with Crippen LogP contribution in [0.4, 0.5) is 0 Å². The van der Waals surface area contributed by atoms with Gasteiger partial charge in [0.25, 0.3) is 0 Å². The zero-order chi connectivity index (χ0) is 9.72. The van der Waals surface area contributed by atoms with Crippen LogP contribution >= 0.6 is 0 Å². The molecule has 4 atom stereocenters. The zero-order valence-corrected chi connectivity index (χ0v) is 8.02. The lowest BCUT2D eigenvalue weighted by Gasteiger charge is -2.28. The van der Waals surface area contributed by atoms with Crippen molar-refractivity contribution >= 4 is 0 Å². The van der Waals surface area contributed by atoms with Crippen LogP contribution < -0.4 is 0 Å². The summed E-state index contributed by atoms with van der Waals surface area (Å²) in [6.07, 6.45) is -2.30. The van der Waals surface area contributed by atoms with Crippen LogP contribution in [0.1, 0.15) is 13.8 Å². The quantitative estimate of drug-likeness (QED) is 0.611. The summed E-state index contributed by atoms with van der Waals surface area (Å²) in [6, 6.07) is 0. The molecule has 74 valence electrons. The molecule has 0 aromatic carbocycles. The Morgan fingerprint density at radius 2 is 1.08 bits per heavy atom. The van der Waals surface area contributed by atoms with Gasteiger partial charge in [0.1, 0.15) is 12.2 Å². The van der Waals surface area contributed by atoms with E-state index in [0.717, 1.165) is 0 Å². The Labute approximate surface area is 73.1 Å². The minimum atomic E-state index is -0.658. The molecule has 0 saturated carbocycles. The van der Waals surface area contributed by atoms with Crippen molar-refractivity contribution in [2.75, 3.05) is 14.2 Å². The van der Waals surface area contributed by atoms with Gasteiger partial charge in [0, 0.05) is 14.2 Å². The van der Waals surface area contributed by atoms with Crippen LogP contribution in [0, 0.1) is 0 Å². The van der Waals surface area contributed by atoms with E-state index in [-0.39, 0.29) is 0 Å². The number of hydrogen-bond donors (Lipinski definition) is 2. The van der Waals surface area contributed by atoms with E-state index in [1.165, 1.54) is 14.2 Å². The molecule has 2 N–H and O–H groups in total. The highest BCUT2D eigenvalue weighted by molar-refractivity contribution is 4.79. The molecule has 0 amide bonds. The molecule has 0 aliphatic rings. The molecule has 0 aliphatic carbocycles. The molecule has 4 unspecified atom stereocenters. The second kappa shape index (κ2) is 5.48. The maximum absolute atomic E-state index is 9.25. The molecule has 0 aromatic rings. The molecule has 0 heterocycles. The van der Waals surface area contributed by atoms with Crippen LogP contribution in [-0.2, 0) is 9.47 Å². The van der Waals surface area contributed by atoms with Crippen LogP contribution in [-0.4, -0.2) is 48.8 Å². The van der Waals surface area contributed by atoms with Gasteiger partial charge in [-0.25, -0.2) is 0 Å². The molecule has 4 heteroatoms. The highest BCUT2D eigenvalue weighted by Crippen LogP contribution is 2.11. The molecule has 0 saturated heterocycles. The molecule has 0 aromatic heterocycles. The Bertz CT molecular complexity index is 99.6. The third-order valence-corrected chi connectivity index (χ3v) is 1.82. The number of methoxy groups -OCH3 is 2. The summed E-state index contributed by atoms with van der Waals surface area (Å²) < 4.78 is 9.98. The number of aliphatic hydroxyl groups excluding tert-OH is 2. The summed E-state index contributed by atoms with van der Waals surface area (Å²) in [6.45, 7) is 3.20. The van der Waals surface area contributed by atoms with Crippen molar-refractivity contribution in [3.8, 4) is 0 Å². The Balaban J connectivity index is 4.23. The average molecular weight is 178 g/mol. The summed E-state index contributed by atoms with van der Waals surface area (Å²) in [4.78, 5) is 0. The molecule has 12 heavy (non-hydrogen) atoms. The fraction of sp³-hybridized carbons (Fsp3) is 1.00. The molecular weight excluding hydrogens is 160 g/mol. The third kappa shape index (κ3) is 3.06. The van der Waals surface area contributed by atoms with Gasteiger partial charge in [0.2, 0.25) is 0 Å². The Hall–Kier alpha value is -0.160. The van der Waals surface area contributed by atoms with Crippen LogP contribution in [0.3, 0.4) is 0 Å². The molecule has 0 bridgehead atoms. The number of hydrogen-bond acceptors (Lipinski definition) is 4. The predicted octanol–water partition coefficient (Wildman–Crippen LogP) is -0.222. The molecule has 0 spiro atoms. The van der Waals surface area contributed by atoms with Crippen molar-refractivity contribution in [2.24, 2.45) is 0 Å². The number of ether oxygens (including phenoxy) is 2. The third-order valence-electron chi connectivity index (χ3n) is 1.82. The first-order chi connectivity index (χ1) is 5.54. The van der Waals surface area contributed by atoms with Crippen molar-refractivity contribution in [1.82, 2.24) is 0 Å². The summed E-state index contributed by atoms with van der Waals surface area (Å²) in [5, 5.41) is 18.5. The van der Waals surface area contributed by atoms with E-state index in [1.807, 2.05) is 0 Å². The van der Waals surface area contributed by atoms with Gasteiger partial charge < -0.3 is 19.7 Å². The van der Waals surface area contributed by atoms with E-state index in [0.29, 0.717) is 0 Å². The van der Waals surface area contributed by atoms with Gasteiger partial charge in [0.15, 0.2) is 0 Å². The summed E-state index contributed by atoms with van der Waals surface area (Å²) in [7, 11) is 2.96. The monoisotopic (exact) mass is 178 g/mol. The SMILES string of the molecule is COC(C(C)O)C(OC)C(C)O. The summed E-state index contributed by atoms with van der Waals surface area (Å²) >= 11 is 0. The fourth-order valence-electron chi connectivity index (χ4n) is 1.21. The second-order valence-electron chi connectivity index (χ2n) is 2.88. The maximum Gasteiger partial charge on any atom is 0.111 e. The summed E-state index contributed by atoms with van der Waals surface area (Å²) in [5.41, 5.74) is 0. The minimum absolute atomic E-state index is 0.491. The van der Waals surface area contributed by atoms with E-state index in [4.69, 9.17) is 9.47 Å². The molecule has 0 aliphatic heterocycles. The highest BCUT2D eigenvalue weighted by Gasteiger charge is 2.29. The second-order valence-corrected chi connectivity index (χ2v) is 2.88. The van der Waals surface area contributed by atoms with Gasteiger partial charge in [-0.3, -0.25) is 0 Å². The van der Waals surface area contributed by atoms with Crippen LogP contribution in [0.15, 0.2) is 0 Å². The lowest BCUT2D eigenvalue weighted by Crippen LogP contribution is -2.44. The van der Waals surface area contributed by atoms with E-state index < -0.39 is 24.4 Å². The molecular formula is C8H18O4. The topological polar surface area (TPSA) is 58.9 Å².